The Balaban J connectivity index is 1.97. The van der Waals surface area contributed by atoms with Crippen molar-refractivity contribution in [1.82, 2.24) is 4.90 Å². The molecular weight excluding hydrogens is 332 g/mol. The lowest BCUT2D eigenvalue weighted by Gasteiger charge is -2.40. The molecule has 0 atom stereocenters. The first-order chi connectivity index (χ1) is 11.7. The molecule has 2 amide bonds. The smallest absolute Gasteiger partial charge is 0.293 e. The van der Waals surface area contributed by atoms with Crippen LogP contribution in [-0.4, -0.2) is 35.2 Å². The van der Waals surface area contributed by atoms with Gasteiger partial charge in [-0.15, -0.1) is 6.58 Å². The van der Waals surface area contributed by atoms with Crippen molar-refractivity contribution in [3.8, 4) is 0 Å². The molecule has 0 spiro atoms. The van der Waals surface area contributed by atoms with Crippen molar-refractivity contribution in [3.05, 3.63) is 53.0 Å². The molecule has 4 nitrogen and oxygen atoms in total. The maximum absolute atomic E-state index is 12.3. The van der Waals surface area contributed by atoms with E-state index in [1.807, 2.05) is 6.07 Å². The molecule has 0 aromatic heterocycles. The number of rotatable bonds is 3. The highest BCUT2D eigenvalue weighted by molar-refractivity contribution is 8.18. The average molecular weight is 354 g/mol. The Morgan fingerprint density at radius 3 is 2.68 bits per heavy atom. The summed E-state index contributed by atoms with van der Waals surface area (Å²) in [5, 5.41) is -0.244. The molecular formula is C20H22N2O2S. The Hall–Kier alpha value is -2.27. The average Bonchev–Trinajstić information content (AvgIpc) is 2.80. The highest BCUT2D eigenvalue weighted by Gasteiger charge is 2.34. The summed E-state index contributed by atoms with van der Waals surface area (Å²) < 4.78 is 0. The quantitative estimate of drug-likeness (QED) is 0.590. The number of benzene rings is 1. The van der Waals surface area contributed by atoms with Crippen LogP contribution in [0.1, 0.15) is 31.9 Å². The molecule has 0 aliphatic carbocycles. The molecule has 0 saturated carbocycles. The molecule has 25 heavy (non-hydrogen) atoms. The largest absolute Gasteiger partial charge is 0.366 e. The van der Waals surface area contributed by atoms with E-state index in [1.54, 1.807) is 12.2 Å². The normalized spacial score (nSPS) is 20.8. The lowest BCUT2D eigenvalue weighted by Crippen LogP contribution is -2.42. The molecule has 0 N–H and O–H groups in total. The summed E-state index contributed by atoms with van der Waals surface area (Å²) in [4.78, 5) is 28.2. The van der Waals surface area contributed by atoms with Crippen molar-refractivity contribution in [2.24, 2.45) is 0 Å². The number of hydrogen-bond donors (Lipinski definition) is 0. The number of allylic oxidation sites excluding steroid dienone is 1. The first kappa shape index (κ1) is 17.5. The van der Waals surface area contributed by atoms with E-state index in [2.05, 4.69) is 57.5 Å². The van der Waals surface area contributed by atoms with Gasteiger partial charge in [0.1, 0.15) is 0 Å². The number of hydrogen-bond acceptors (Lipinski definition) is 4. The zero-order valence-electron chi connectivity index (χ0n) is 15.0. The third kappa shape index (κ3) is 3.04. The van der Waals surface area contributed by atoms with Crippen LogP contribution in [0.3, 0.4) is 0 Å². The maximum atomic E-state index is 12.3. The van der Waals surface area contributed by atoms with Gasteiger partial charge in [-0.1, -0.05) is 18.2 Å². The van der Waals surface area contributed by atoms with E-state index >= 15 is 0 Å². The maximum Gasteiger partial charge on any atom is 0.293 e. The molecule has 2 heterocycles. The zero-order valence-corrected chi connectivity index (χ0v) is 15.8. The van der Waals surface area contributed by atoms with Crippen LogP contribution in [0.25, 0.3) is 11.6 Å². The summed E-state index contributed by atoms with van der Waals surface area (Å²) in [6, 6.07) is 6.15. The van der Waals surface area contributed by atoms with E-state index in [1.165, 1.54) is 16.2 Å². The molecule has 2 aliphatic heterocycles. The van der Waals surface area contributed by atoms with Gasteiger partial charge in [0.2, 0.25) is 0 Å². The van der Waals surface area contributed by atoms with Gasteiger partial charge < -0.3 is 4.90 Å². The topological polar surface area (TPSA) is 40.6 Å². The number of nitrogens with zero attached hydrogens (tertiary/aromatic N) is 2. The van der Waals surface area contributed by atoms with Gasteiger partial charge in [0.25, 0.3) is 11.1 Å². The Kier molecular flexibility index (Phi) is 4.37. The predicted octanol–water partition coefficient (Wildman–Crippen LogP) is 4.54. The molecule has 1 saturated heterocycles. The molecule has 0 radical (unpaired) electrons. The van der Waals surface area contributed by atoms with Gasteiger partial charge in [-0.3, -0.25) is 14.5 Å². The number of fused-ring (bicyclic) bond motifs is 1. The van der Waals surface area contributed by atoms with Crippen LogP contribution in [0, 0.1) is 0 Å². The fourth-order valence-electron chi connectivity index (χ4n) is 3.20. The summed E-state index contributed by atoms with van der Waals surface area (Å²) in [5.74, 6) is -0.252. The number of thioether (sulfide) groups is 1. The van der Waals surface area contributed by atoms with Crippen molar-refractivity contribution in [2.45, 2.75) is 26.3 Å². The molecule has 1 fully saturated rings. The minimum atomic E-state index is -0.252. The minimum Gasteiger partial charge on any atom is -0.366 e. The van der Waals surface area contributed by atoms with Gasteiger partial charge >= 0.3 is 0 Å². The Morgan fingerprint density at radius 2 is 2.00 bits per heavy atom. The number of likely N-dealkylation sites (N-methyl/N-ethyl adjacent to an activating group) is 1. The van der Waals surface area contributed by atoms with Crippen LogP contribution >= 0.6 is 11.8 Å². The van der Waals surface area contributed by atoms with Crippen molar-refractivity contribution >= 4 is 40.2 Å². The van der Waals surface area contributed by atoms with Crippen LogP contribution in [0.2, 0.25) is 0 Å². The lowest BCUT2D eigenvalue weighted by molar-refractivity contribution is -0.122. The molecule has 0 bridgehead atoms. The van der Waals surface area contributed by atoms with E-state index in [-0.39, 0.29) is 23.2 Å². The summed E-state index contributed by atoms with van der Waals surface area (Å²) in [7, 11) is 2.09. The molecule has 0 unspecified atom stereocenters. The Morgan fingerprint density at radius 1 is 1.28 bits per heavy atom. The van der Waals surface area contributed by atoms with Crippen molar-refractivity contribution in [2.75, 3.05) is 18.5 Å². The van der Waals surface area contributed by atoms with Crippen molar-refractivity contribution < 1.29 is 9.59 Å². The highest BCUT2D eigenvalue weighted by atomic mass is 32.2. The summed E-state index contributed by atoms with van der Waals surface area (Å²) in [6.45, 7) is 10.3. The SMILES string of the molecule is C=CCN1C(=O)S/C(=C\c2ccc3c(c2)C(C)=CC(C)(C)N3C)C1=O. The van der Waals surface area contributed by atoms with Gasteiger partial charge in [0, 0.05) is 24.8 Å². The molecule has 5 heteroatoms. The van der Waals surface area contributed by atoms with Gasteiger partial charge in [-0.2, -0.15) is 0 Å². The summed E-state index contributed by atoms with van der Waals surface area (Å²) in [6.07, 6.45) is 5.60. The second-order valence-electron chi connectivity index (χ2n) is 6.90. The standard InChI is InChI=1S/C20H22N2O2S/c1-6-9-22-18(23)17(25-19(22)24)11-14-7-8-16-15(10-14)13(2)12-20(3,4)21(16)5/h6-8,10-12H,1,9H2,2-5H3/b17-11-. The Bertz CT molecular complexity index is 836. The third-order valence-electron chi connectivity index (χ3n) is 4.72. The van der Waals surface area contributed by atoms with Gasteiger partial charge in [0.05, 0.1) is 10.4 Å². The number of anilines is 1. The number of carbonyl (C=O) groups excluding carboxylic acids is 2. The second-order valence-corrected chi connectivity index (χ2v) is 7.89. The molecule has 3 rings (SSSR count). The highest BCUT2D eigenvalue weighted by Crippen LogP contribution is 2.39. The molecule has 2 aliphatic rings. The van der Waals surface area contributed by atoms with E-state index in [0.29, 0.717) is 4.91 Å². The second kappa shape index (κ2) is 6.23. The molecule has 130 valence electrons. The minimum absolute atomic E-state index is 0.0358. The Labute approximate surface area is 152 Å². The third-order valence-corrected chi connectivity index (χ3v) is 5.63. The summed E-state index contributed by atoms with van der Waals surface area (Å²) in [5.41, 5.74) is 4.42. The molecule has 1 aromatic rings. The van der Waals surface area contributed by atoms with Crippen LogP contribution in [-0.2, 0) is 4.79 Å². The lowest BCUT2D eigenvalue weighted by atomic mass is 9.88. The predicted molar refractivity (Wildman–Crippen MR) is 105 cm³/mol. The van der Waals surface area contributed by atoms with Gasteiger partial charge in [-0.05, 0) is 61.9 Å². The number of imide groups is 1. The van der Waals surface area contributed by atoms with E-state index in [4.69, 9.17) is 0 Å². The first-order valence-corrected chi connectivity index (χ1v) is 9.00. The molecule has 1 aromatic carbocycles. The van der Waals surface area contributed by atoms with Gasteiger partial charge in [0.15, 0.2) is 0 Å². The monoisotopic (exact) mass is 354 g/mol. The van der Waals surface area contributed by atoms with E-state index in [9.17, 15) is 9.59 Å². The van der Waals surface area contributed by atoms with Crippen LogP contribution in [0.4, 0.5) is 10.5 Å². The zero-order chi connectivity index (χ0) is 18.4. The fourth-order valence-corrected chi connectivity index (χ4v) is 4.05. The fraction of sp³-hybridized carbons (Fsp3) is 0.300. The van der Waals surface area contributed by atoms with Crippen LogP contribution in [0.5, 0.6) is 0 Å². The van der Waals surface area contributed by atoms with E-state index < -0.39 is 0 Å². The number of amides is 2. The van der Waals surface area contributed by atoms with E-state index in [0.717, 1.165) is 22.9 Å². The van der Waals surface area contributed by atoms with Crippen LogP contribution < -0.4 is 4.90 Å². The van der Waals surface area contributed by atoms with Crippen LogP contribution in [0.15, 0.2) is 41.8 Å². The summed E-state index contributed by atoms with van der Waals surface area (Å²) >= 11 is 0.981. The van der Waals surface area contributed by atoms with Gasteiger partial charge in [-0.25, -0.2) is 0 Å². The first-order valence-electron chi connectivity index (χ1n) is 8.18. The van der Waals surface area contributed by atoms with Crippen molar-refractivity contribution in [1.29, 1.82) is 0 Å². The number of carbonyl (C=O) groups is 2. The van der Waals surface area contributed by atoms with Crippen molar-refractivity contribution in [3.63, 3.8) is 0 Å².